The molecule has 4 rings (SSSR count). The van der Waals surface area contributed by atoms with Crippen LogP contribution in [0.3, 0.4) is 0 Å². The molecule has 9 nitrogen and oxygen atoms in total. The second-order valence-corrected chi connectivity index (χ2v) is 7.45. The molecule has 30 heavy (non-hydrogen) atoms. The van der Waals surface area contributed by atoms with Crippen LogP contribution in [0.4, 0.5) is 11.5 Å². The van der Waals surface area contributed by atoms with Crippen LogP contribution < -0.4 is 10.6 Å². The molecule has 9 heteroatoms. The maximum atomic E-state index is 12.5. The van der Waals surface area contributed by atoms with Gasteiger partial charge in [0.2, 0.25) is 0 Å². The summed E-state index contributed by atoms with van der Waals surface area (Å²) in [6.45, 7) is 6.06. The Morgan fingerprint density at radius 1 is 1.13 bits per heavy atom. The SMILES string of the molecule is CC(C)n1ccc(C(=O)Nc2cccc([C@H](C)Nc3cnc4cnn(C)c4n3)c2)n1. The first-order valence-electron chi connectivity index (χ1n) is 9.78. The fraction of sp³-hybridized carbons (Fsp3) is 0.286. The summed E-state index contributed by atoms with van der Waals surface area (Å²) in [5.41, 5.74) is 3.57. The van der Waals surface area contributed by atoms with Crippen molar-refractivity contribution in [2.24, 2.45) is 7.05 Å². The number of nitrogens with zero attached hydrogens (tertiary/aromatic N) is 6. The third kappa shape index (κ3) is 4.00. The van der Waals surface area contributed by atoms with Gasteiger partial charge < -0.3 is 10.6 Å². The van der Waals surface area contributed by atoms with Gasteiger partial charge >= 0.3 is 0 Å². The van der Waals surface area contributed by atoms with Crippen LogP contribution in [-0.4, -0.2) is 35.4 Å². The summed E-state index contributed by atoms with van der Waals surface area (Å²) in [6, 6.07) is 9.58. The normalized spacial score (nSPS) is 12.3. The molecule has 0 saturated carbocycles. The maximum absolute atomic E-state index is 12.5. The molecule has 2 N–H and O–H groups in total. The summed E-state index contributed by atoms with van der Waals surface area (Å²) in [5.74, 6) is 0.423. The monoisotopic (exact) mass is 404 g/mol. The molecule has 1 aromatic carbocycles. The van der Waals surface area contributed by atoms with Gasteiger partial charge in [-0.25, -0.2) is 14.6 Å². The topological polar surface area (TPSA) is 103 Å². The molecule has 1 amide bonds. The van der Waals surface area contributed by atoms with Gasteiger partial charge in [0.05, 0.1) is 18.4 Å². The Balaban J connectivity index is 1.47. The number of benzene rings is 1. The minimum absolute atomic E-state index is 0.0398. The third-order valence-electron chi connectivity index (χ3n) is 4.82. The van der Waals surface area contributed by atoms with Crippen molar-refractivity contribution in [3.8, 4) is 0 Å². The largest absolute Gasteiger partial charge is 0.362 e. The molecule has 0 aliphatic heterocycles. The van der Waals surface area contributed by atoms with Crippen molar-refractivity contribution in [1.29, 1.82) is 0 Å². The van der Waals surface area contributed by atoms with Gasteiger partial charge in [0.15, 0.2) is 11.3 Å². The summed E-state index contributed by atoms with van der Waals surface area (Å²) in [4.78, 5) is 21.5. The first-order valence-corrected chi connectivity index (χ1v) is 9.78. The van der Waals surface area contributed by atoms with E-state index in [0.717, 1.165) is 11.1 Å². The lowest BCUT2D eigenvalue weighted by Crippen LogP contribution is -2.14. The molecule has 3 aromatic heterocycles. The van der Waals surface area contributed by atoms with Gasteiger partial charge in [0.1, 0.15) is 11.3 Å². The van der Waals surface area contributed by atoms with Crippen LogP contribution in [-0.2, 0) is 7.05 Å². The van der Waals surface area contributed by atoms with Gasteiger partial charge in [0.25, 0.3) is 5.91 Å². The molecule has 1 atom stereocenters. The number of aryl methyl sites for hydroxylation is 1. The van der Waals surface area contributed by atoms with Crippen molar-refractivity contribution < 1.29 is 4.79 Å². The quantitative estimate of drug-likeness (QED) is 0.509. The summed E-state index contributed by atoms with van der Waals surface area (Å²) < 4.78 is 3.45. The van der Waals surface area contributed by atoms with Gasteiger partial charge in [-0.15, -0.1) is 0 Å². The Kier molecular flexibility index (Phi) is 5.18. The number of anilines is 2. The molecule has 0 bridgehead atoms. The molecule has 0 aliphatic carbocycles. The predicted octanol–water partition coefficient (Wildman–Crippen LogP) is 3.57. The molecule has 4 aromatic rings. The van der Waals surface area contributed by atoms with Crippen LogP contribution >= 0.6 is 0 Å². The number of fused-ring (bicyclic) bond motifs is 1. The van der Waals surface area contributed by atoms with Crippen LogP contribution in [0.2, 0.25) is 0 Å². The molecule has 0 saturated heterocycles. The zero-order valence-corrected chi connectivity index (χ0v) is 17.4. The van der Waals surface area contributed by atoms with Crippen molar-refractivity contribution in [2.75, 3.05) is 10.6 Å². The standard InChI is InChI=1S/C21H24N8O/c1-13(2)29-9-8-17(27-29)21(30)25-16-7-5-6-15(10-16)14(3)24-19-12-22-18-11-23-28(4)20(18)26-19/h5-14H,1-4H3,(H,24,26)(H,25,30)/t14-/m0/s1. The second-order valence-electron chi connectivity index (χ2n) is 7.45. The van der Waals surface area contributed by atoms with Crippen molar-refractivity contribution in [1.82, 2.24) is 29.5 Å². The Morgan fingerprint density at radius 3 is 2.73 bits per heavy atom. The Hall–Kier alpha value is -3.75. The summed E-state index contributed by atoms with van der Waals surface area (Å²) >= 11 is 0. The highest BCUT2D eigenvalue weighted by Crippen LogP contribution is 2.22. The van der Waals surface area contributed by atoms with E-state index in [1.807, 2.05) is 58.3 Å². The molecule has 154 valence electrons. The Morgan fingerprint density at radius 2 is 1.97 bits per heavy atom. The van der Waals surface area contributed by atoms with E-state index in [0.29, 0.717) is 22.8 Å². The number of nitrogens with one attached hydrogen (secondary N) is 2. The third-order valence-corrected chi connectivity index (χ3v) is 4.82. The number of hydrogen-bond donors (Lipinski definition) is 2. The van der Waals surface area contributed by atoms with Crippen LogP contribution in [0.25, 0.3) is 11.2 Å². The molecule has 0 fully saturated rings. The van der Waals surface area contributed by atoms with Crippen molar-refractivity contribution in [2.45, 2.75) is 32.9 Å². The highest BCUT2D eigenvalue weighted by atomic mass is 16.1. The highest BCUT2D eigenvalue weighted by Gasteiger charge is 2.13. The maximum Gasteiger partial charge on any atom is 0.276 e. The lowest BCUT2D eigenvalue weighted by molar-refractivity contribution is 0.102. The van der Waals surface area contributed by atoms with Gasteiger partial charge in [-0.1, -0.05) is 12.1 Å². The van der Waals surface area contributed by atoms with Crippen molar-refractivity contribution in [3.05, 3.63) is 60.2 Å². The average molecular weight is 404 g/mol. The van der Waals surface area contributed by atoms with E-state index in [9.17, 15) is 4.79 Å². The fourth-order valence-corrected chi connectivity index (χ4v) is 3.12. The average Bonchev–Trinajstić information content (AvgIpc) is 3.36. The smallest absolute Gasteiger partial charge is 0.276 e. The number of carbonyl (C=O) groups excluding carboxylic acids is 1. The van der Waals surface area contributed by atoms with E-state index >= 15 is 0 Å². The number of rotatable bonds is 6. The predicted molar refractivity (Wildman–Crippen MR) is 115 cm³/mol. The summed E-state index contributed by atoms with van der Waals surface area (Å²) in [5, 5.41) is 14.8. The number of carbonyl (C=O) groups is 1. The molecule has 0 radical (unpaired) electrons. The minimum atomic E-state index is -0.236. The summed E-state index contributed by atoms with van der Waals surface area (Å²) in [7, 11) is 1.83. The van der Waals surface area contributed by atoms with Gasteiger partial charge in [0, 0.05) is 25.0 Å². The van der Waals surface area contributed by atoms with Crippen LogP contribution in [0.5, 0.6) is 0 Å². The zero-order chi connectivity index (χ0) is 21.3. The van der Waals surface area contributed by atoms with Crippen LogP contribution in [0.1, 0.15) is 48.9 Å². The molecule has 0 spiro atoms. The van der Waals surface area contributed by atoms with E-state index in [1.54, 1.807) is 27.8 Å². The highest BCUT2D eigenvalue weighted by molar-refractivity contribution is 6.02. The van der Waals surface area contributed by atoms with E-state index in [2.05, 4.69) is 30.8 Å². The lowest BCUT2D eigenvalue weighted by Gasteiger charge is -2.16. The first kappa shape index (κ1) is 19.6. The van der Waals surface area contributed by atoms with Crippen LogP contribution in [0, 0.1) is 0 Å². The minimum Gasteiger partial charge on any atom is -0.362 e. The van der Waals surface area contributed by atoms with E-state index in [-0.39, 0.29) is 18.0 Å². The van der Waals surface area contributed by atoms with Gasteiger partial charge in [-0.2, -0.15) is 10.2 Å². The first-order chi connectivity index (χ1) is 14.4. The zero-order valence-electron chi connectivity index (χ0n) is 17.4. The Labute approximate surface area is 174 Å². The molecule has 3 heterocycles. The van der Waals surface area contributed by atoms with Gasteiger partial charge in [-0.3, -0.25) is 9.48 Å². The van der Waals surface area contributed by atoms with Crippen molar-refractivity contribution >= 4 is 28.6 Å². The lowest BCUT2D eigenvalue weighted by atomic mass is 10.1. The van der Waals surface area contributed by atoms with E-state index < -0.39 is 0 Å². The Bertz CT molecular complexity index is 1190. The summed E-state index contributed by atoms with van der Waals surface area (Å²) in [6.07, 6.45) is 5.19. The number of hydrogen-bond acceptors (Lipinski definition) is 6. The molecule has 0 aliphatic rings. The second kappa shape index (κ2) is 7.94. The van der Waals surface area contributed by atoms with E-state index in [4.69, 9.17) is 0 Å². The number of amides is 1. The molecular formula is C21H24N8O. The van der Waals surface area contributed by atoms with Gasteiger partial charge in [-0.05, 0) is 44.5 Å². The van der Waals surface area contributed by atoms with Crippen LogP contribution in [0.15, 0.2) is 48.9 Å². The molecular weight excluding hydrogens is 380 g/mol. The molecule has 0 unspecified atom stereocenters. The fourth-order valence-electron chi connectivity index (χ4n) is 3.12. The number of aromatic nitrogens is 6. The van der Waals surface area contributed by atoms with Crippen molar-refractivity contribution in [3.63, 3.8) is 0 Å². The van der Waals surface area contributed by atoms with E-state index in [1.165, 1.54) is 0 Å².